The Labute approximate surface area is 158 Å². The monoisotopic (exact) mass is 368 g/mol. The first-order valence-electron chi connectivity index (χ1n) is 8.96. The maximum Gasteiger partial charge on any atom is 0.246 e. The normalized spacial score (nSPS) is 15.3. The first kappa shape index (κ1) is 18.4. The number of rotatable bonds is 5. The number of likely N-dealkylation sites (tertiary alicyclic amines) is 1. The lowest BCUT2D eigenvalue weighted by Gasteiger charge is -2.30. The molecule has 1 aromatic carbocycles. The Balaban J connectivity index is 1.44. The summed E-state index contributed by atoms with van der Waals surface area (Å²) >= 11 is 1.67. The van der Waals surface area contributed by atoms with Crippen LogP contribution in [0.1, 0.15) is 28.8 Å². The van der Waals surface area contributed by atoms with Crippen LogP contribution in [0.3, 0.4) is 0 Å². The maximum absolute atomic E-state index is 12.4. The fourth-order valence-corrected chi connectivity index (χ4v) is 3.94. The van der Waals surface area contributed by atoms with Crippen LogP contribution in [0, 0.1) is 12.8 Å². The molecule has 1 saturated heterocycles. The fraction of sp³-hybridized carbons (Fsp3) is 0.333. The number of carbonyl (C=O) groups is 2. The van der Waals surface area contributed by atoms with Crippen molar-refractivity contribution >= 4 is 29.2 Å². The molecule has 0 atom stereocenters. The van der Waals surface area contributed by atoms with E-state index in [1.807, 2.05) is 46.7 Å². The van der Waals surface area contributed by atoms with E-state index >= 15 is 0 Å². The van der Waals surface area contributed by atoms with Gasteiger partial charge in [0.15, 0.2) is 0 Å². The molecule has 3 rings (SSSR count). The number of amides is 2. The summed E-state index contributed by atoms with van der Waals surface area (Å²) in [5.74, 6) is 0.115. The molecule has 5 heteroatoms. The van der Waals surface area contributed by atoms with Crippen molar-refractivity contribution in [3.05, 3.63) is 63.9 Å². The summed E-state index contributed by atoms with van der Waals surface area (Å²) in [5, 5.41) is 5.09. The van der Waals surface area contributed by atoms with Gasteiger partial charge in [-0.3, -0.25) is 9.59 Å². The second kappa shape index (κ2) is 8.81. The van der Waals surface area contributed by atoms with Gasteiger partial charge in [0, 0.05) is 30.0 Å². The van der Waals surface area contributed by atoms with Crippen LogP contribution in [0.2, 0.25) is 0 Å². The molecular formula is C21H24N2O2S. The molecule has 0 radical (unpaired) electrons. The van der Waals surface area contributed by atoms with Gasteiger partial charge in [-0.1, -0.05) is 30.3 Å². The number of aryl methyl sites for hydroxylation is 1. The number of carbonyl (C=O) groups excluding carboxylic acids is 2. The van der Waals surface area contributed by atoms with Gasteiger partial charge in [0.05, 0.1) is 6.54 Å². The van der Waals surface area contributed by atoms with Crippen LogP contribution >= 0.6 is 11.3 Å². The molecule has 0 saturated carbocycles. The molecule has 2 heterocycles. The summed E-state index contributed by atoms with van der Waals surface area (Å²) in [6.45, 7) is 3.93. The van der Waals surface area contributed by atoms with Crippen molar-refractivity contribution in [3.63, 3.8) is 0 Å². The van der Waals surface area contributed by atoms with Gasteiger partial charge in [0.2, 0.25) is 11.8 Å². The second-order valence-electron chi connectivity index (χ2n) is 6.59. The van der Waals surface area contributed by atoms with Gasteiger partial charge in [-0.05, 0) is 48.4 Å². The molecule has 2 aromatic rings. The van der Waals surface area contributed by atoms with Crippen LogP contribution in [0.15, 0.2) is 47.9 Å². The number of thiophene rings is 1. The molecule has 0 unspecified atom stereocenters. The summed E-state index contributed by atoms with van der Waals surface area (Å²) in [6, 6.07) is 11.9. The highest BCUT2D eigenvalue weighted by Gasteiger charge is 2.26. The van der Waals surface area contributed by atoms with E-state index in [2.05, 4.69) is 18.3 Å². The third kappa shape index (κ3) is 4.82. The van der Waals surface area contributed by atoms with Crippen LogP contribution < -0.4 is 5.32 Å². The highest BCUT2D eigenvalue weighted by molar-refractivity contribution is 7.10. The molecule has 1 aliphatic heterocycles. The Kier molecular flexibility index (Phi) is 6.23. The van der Waals surface area contributed by atoms with E-state index < -0.39 is 0 Å². The number of hydrogen-bond donors (Lipinski definition) is 1. The van der Waals surface area contributed by atoms with Crippen molar-refractivity contribution in [2.45, 2.75) is 26.3 Å². The topological polar surface area (TPSA) is 49.4 Å². The van der Waals surface area contributed by atoms with E-state index in [9.17, 15) is 9.59 Å². The van der Waals surface area contributed by atoms with Gasteiger partial charge in [0.25, 0.3) is 0 Å². The van der Waals surface area contributed by atoms with Gasteiger partial charge in [-0.15, -0.1) is 11.3 Å². The molecule has 1 fully saturated rings. The summed E-state index contributed by atoms with van der Waals surface area (Å²) in [5.41, 5.74) is 2.24. The summed E-state index contributed by atoms with van der Waals surface area (Å²) in [4.78, 5) is 27.7. The molecular weight excluding hydrogens is 344 g/mol. The molecule has 0 bridgehead atoms. The highest BCUT2D eigenvalue weighted by atomic mass is 32.1. The average molecular weight is 369 g/mol. The zero-order chi connectivity index (χ0) is 18.4. The standard InChI is InChI=1S/C21H24N2O2S/c1-16-11-14-26-19(16)15-22-21(25)18-9-12-23(13-10-18)20(24)8-7-17-5-3-2-4-6-17/h2-8,11,14,18H,9-10,12-13,15H2,1H3,(H,22,25)/b8-7+. The Bertz CT molecular complexity index is 774. The van der Waals surface area contributed by atoms with Gasteiger partial charge >= 0.3 is 0 Å². The third-order valence-electron chi connectivity index (χ3n) is 4.79. The Hall–Kier alpha value is -2.40. The van der Waals surface area contributed by atoms with Gasteiger partial charge < -0.3 is 10.2 Å². The first-order chi connectivity index (χ1) is 12.6. The van der Waals surface area contributed by atoms with Crippen LogP contribution in [0.25, 0.3) is 6.08 Å². The largest absolute Gasteiger partial charge is 0.351 e. The van der Waals surface area contributed by atoms with Crippen molar-refractivity contribution < 1.29 is 9.59 Å². The summed E-state index contributed by atoms with van der Waals surface area (Å²) in [7, 11) is 0. The Morgan fingerprint density at radius 3 is 2.58 bits per heavy atom. The second-order valence-corrected chi connectivity index (χ2v) is 7.59. The lowest BCUT2D eigenvalue weighted by molar-refractivity contribution is -0.132. The molecule has 4 nitrogen and oxygen atoms in total. The molecule has 26 heavy (non-hydrogen) atoms. The molecule has 1 N–H and O–H groups in total. The van der Waals surface area contributed by atoms with Crippen molar-refractivity contribution in [1.29, 1.82) is 0 Å². The number of nitrogens with zero attached hydrogens (tertiary/aromatic N) is 1. The molecule has 0 aliphatic carbocycles. The predicted molar refractivity (Wildman–Crippen MR) is 106 cm³/mol. The van der Waals surface area contributed by atoms with E-state index in [1.54, 1.807) is 17.4 Å². The van der Waals surface area contributed by atoms with Crippen LogP contribution in [-0.4, -0.2) is 29.8 Å². The number of hydrogen-bond acceptors (Lipinski definition) is 3. The lowest BCUT2D eigenvalue weighted by Crippen LogP contribution is -2.42. The first-order valence-corrected chi connectivity index (χ1v) is 9.84. The van der Waals surface area contributed by atoms with Crippen LogP contribution in [0.4, 0.5) is 0 Å². The summed E-state index contributed by atoms with van der Waals surface area (Å²) < 4.78 is 0. The number of piperidine rings is 1. The third-order valence-corrected chi connectivity index (χ3v) is 5.81. The minimum atomic E-state index is -0.00239. The minimum Gasteiger partial charge on any atom is -0.351 e. The van der Waals surface area contributed by atoms with E-state index in [-0.39, 0.29) is 17.7 Å². The van der Waals surface area contributed by atoms with E-state index in [0.717, 1.165) is 18.4 Å². The number of nitrogens with one attached hydrogen (secondary N) is 1. The molecule has 0 spiro atoms. The van der Waals surface area contributed by atoms with Gasteiger partial charge in [-0.2, -0.15) is 0 Å². The van der Waals surface area contributed by atoms with Gasteiger partial charge in [0.1, 0.15) is 0 Å². The summed E-state index contributed by atoms with van der Waals surface area (Å²) in [6.07, 6.45) is 4.90. The average Bonchev–Trinajstić information content (AvgIpc) is 3.10. The van der Waals surface area contributed by atoms with Crippen molar-refractivity contribution in [2.24, 2.45) is 5.92 Å². The van der Waals surface area contributed by atoms with Crippen LogP contribution in [-0.2, 0) is 16.1 Å². The molecule has 136 valence electrons. The predicted octanol–water partition coefficient (Wildman–Crippen LogP) is 3.62. The maximum atomic E-state index is 12.4. The minimum absolute atomic E-state index is 0.00239. The zero-order valence-electron chi connectivity index (χ0n) is 15.0. The number of benzene rings is 1. The highest BCUT2D eigenvalue weighted by Crippen LogP contribution is 2.19. The Morgan fingerprint density at radius 1 is 1.19 bits per heavy atom. The SMILES string of the molecule is Cc1ccsc1CNC(=O)C1CCN(C(=O)/C=C/c2ccccc2)CC1. The van der Waals surface area contributed by atoms with E-state index in [1.165, 1.54) is 10.4 Å². The Morgan fingerprint density at radius 2 is 1.92 bits per heavy atom. The zero-order valence-corrected chi connectivity index (χ0v) is 15.8. The van der Waals surface area contributed by atoms with E-state index in [0.29, 0.717) is 19.6 Å². The van der Waals surface area contributed by atoms with Gasteiger partial charge in [-0.25, -0.2) is 0 Å². The van der Waals surface area contributed by atoms with Crippen LogP contribution in [0.5, 0.6) is 0 Å². The lowest BCUT2D eigenvalue weighted by atomic mass is 9.95. The molecule has 2 amide bonds. The van der Waals surface area contributed by atoms with Crippen molar-refractivity contribution in [3.8, 4) is 0 Å². The van der Waals surface area contributed by atoms with E-state index in [4.69, 9.17) is 0 Å². The molecule has 1 aliphatic rings. The quantitative estimate of drug-likeness (QED) is 0.820. The smallest absolute Gasteiger partial charge is 0.246 e. The molecule has 1 aromatic heterocycles. The van der Waals surface area contributed by atoms with Crippen molar-refractivity contribution in [1.82, 2.24) is 10.2 Å². The fourth-order valence-electron chi connectivity index (χ4n) is 3.10. The van der Waals surface area contributed by atoms with Crippen molar-refractivity contribution in [2.75, 3.05) is 13.1 Å².